The molecule has 2 aromatic rings. The van der Waals surface area contributed by atoms with Crippen molar-refractivity contribution in [2.45, 2.75) is 18.9 Å². The van der Waals surface area contributed by atoms with Gasteiger partial charge >= 0.3 is 0 Å². The number of rotatable bonds is 6. The molecule has 112 valence electrons. The fraction of sp³-hybridized carbons (Fsp3) is 0.312. The van der Waals surface area contributed by atoms with Crippen LogP contribution in [-0.2, 0) is 16.8 Å². The van der Waals surface area contributed by atoms with Crippen molar-refractivity contribution in [2.24, 2.45) is 0 Å². The van der Waals surface area contributed by atoms with E-state index in [0.29, 0.717) is 0 Å². The van der Waals surface area contributed by atoms with Crippen LogP contribution in [0.15, 0.2) is 41.1 Å². The monoisotopic (exact) mass is 305 g/mol. The molecule has 0 radical (unpaired) electrons. The number of benzene rings is 1. The average Bonchev–Trinajstić information content (AvgIpc) is 3.00. The number of ether oxygens (including phenoxy) is 1. The molecular weight excluding hydrogens is 286 g/mol. The molecule has 1 amide bonds. The van der Waals surface area contributed by atoms with Gasteiger partial charge in [0, 0.05) is 0 Å². The highest BCUT2D eigenvalue weighted by Gasteiger charge is 2.24. The number of hydrogen-bond acceptors (Lipinski definition) is 4. The summed E-state index contributed by atoms with van der Waals surface area (Å²) in [6, 6.07) is 9.25. The fourth-order valence-corrected chi connectivity index (χ4v) is 2.76. The summed E-state index contributed by atoms with van der Waals surface area (Å²) in [5.41, 5.74) is 0.639. The van der Waals surface area contributed by atoms with Gasteiger partial charge in [-0.3, -0.25) is 4.79 Å². The molecule has 0 saturated heterocycles. The normalized spacial score (nSPS) is 13.5. The first-order chi connectivity index (χ1) is 10.0. The average molecular weight is 305 g/mol. The molecule has 1 aromatic carbocycles. The Balaban J connectivity index is 1.90. The standard InChI is InChI=1S/C16H19NO3S/c1-16(19,13-6-7-21-10-13)11-17-15(18)9-12-4-3-5-14(8-12)20-2/h3-8,10,19H,9,11H2,1-2H3,(H,17,18). The summed E-state index contributed by atoms with van der Waals surface area (Å²) in [7, 11) is 1.59. The van der Waals surface area contributed by atoms with Gasteiger partial charge in [-0.1, -0.05) is 12.1 Å². The van der Waals surface area contributed by atoms with Crippen LogP contribution in [-0.4, -0.2) is 24.7 Å². The maximum atomic E-state index is 12.0. The summed E-state index contributed by atoms with van der Waals surface area (Å²) in [5, 5.41) is 16.9. The lowest BCUT2D eigenvalue weighted by molar-refractivity contribution is -0.121. The van der Waals surface area contributed by atoms with Crippen molar-refractivity contribution in [1.82, 2.24) is 5.32 Å². The number of thiophene rings is 1. The second kappa shape index (κ2) is 6.74. The number of hydrogen-bond donors (Lipinski definition) is 2. The maximum absolute atomic E-state index is 12.0. The van der Waals surface area contributed by atoms with E-state index in [1.54, 1.807) is 14.0 Å². The molecule has 1 atom stereocenters. The third-order valence-electron chi connectivity index (χ3n) is 3.27. The maximum Gasteiger partial charge on any atom is 0.224 e. The molecule has 1 aromatic heterocycles. The van der Waals surface area contributed by atoms with Crippen LogP contribution < -0.4 is 10.1 Å². The molecule has 1 unspecified atom stereocenters. The van der Waals surface area contributed by atoms with Gasteiger partial charge in [0.25, 0.3) is 0 Å². The van der Waals surface area contributed by atoms with Crippen molar-refractivity contribution >= 4 is 17.2 Å². The van der Waals surface area contributed by atoms with Gasteiger partial charge in [0.05, 0.1) is 20.1 Å². The van der Waals surface area contributed by atoms with Crippen LogP contribution >= 0.6 is 11.3 Å². The van der Waals surface area contributed by atoms with Crippen molar-refractivity contribution < 1.29 is 14.6 Å². The molecule has 0 spiro atoms. The fourth-order valence-electron chi connectivity index (χ4n) is 1.97. The van der Waals surface area contributed by atoms with Crippen LogP contribution in [0, 0.1) is 0 Å². The van der Waals surface area contributed by atoms with Crippen molar-refractivity contribution in [3.63, 3.8) is 0 Å². The molecule has 0 bridgehead atoms. The Morgan fingerprint density at radius 1 is 1.43 bits per heavy atom. The molecule has 2 rings (SSSR count). The number of carbonyl (C=O) groups excluding carboxylic acids is 1. The van der Waals surface area contributed by atoms with Gasteiger partial charge in [0.2, 0.25) is 5.91 Å². The first kappa shape index (κ1) is 15.5. The summed E-state index contributed by atoms with van der Waals surface area (Å²) in [6.45, 7) is 1.88. The highest BCUT2D eigenvalue weighted by Crippen LogP contribution is 2.22. The van der Waals surface area contributed by atoms with Gasteiger partial charge in [-0.25, -0.2) is 0 Å². The van der Waals surface area contributed by atoms with Crippen LogP contribution in [0.25, 0.3) is 0 Å². The lowest BCUT2D eigenvalue weighted by Crippen LogP contribution is -2.39. The minimum atomic E-state index is -1.05. The van der Waals surface area contributed by atoms with Gasteiger partial charge < -0.3 is 15.2 Å². The minimum absolute atomic E-state index is 0.126. The van der Waals surface area contributed by atoms with Crippen LogP contribution in [0.2, 0.25) is 0 Å². The van der Waals surface area contributed by atoms with Gasteiger partial charge in [-0.15, -0.1) is 0 Å². The van der Waals surface area contributed by atoms with E-state index in [9.17, 15) is 9.90 Å². The van der Waals surface area contributed by atoms with E-state index in [4.69, 9.17) is 4.74 Å². The van der Waals surface area contributed by atoms with Crippen molar-refractivity contribution in [3.05, 3.63) is 52.2 Å². The van der Waals surface area contributed by atoms with E-state index >= 15 is 0 Å². The van der Waals surface area contributed by atoms with Gasteiger partial charge in [-0.2, -0.15) is 11.3 Å². The Hall–Kier alpha value is -1.85. The topological polar surface area (TPSA) is 58.6 Å². The Kier molecular flexibility index (Phi) is 4.98. The molecule has 5 heteroatoms. The third kappa shape index (κ3) is 4.31. The quantitative estimate of drug-likeness (QED) is 0.861. The molecule has 21 heavy (non-hydrogen) atoms. The van der Waals surface area contributed by atoms with Crippen molar-refractivity contribution in [2.75, 3.05) is 13.7 Å². The smallest absolute Gasteiger partial charge is 0.224 e. The van der Waals surface area contributed by atoms with Crippen LogP contribution in [0.5, 0.6) is 5.75 Å². The Morgan fingerprint density at radius 2 is 2.24 bits per heavy atom. The zero-order valence-electron chi connectivity index (χ0n) is 12.1. The Morgan fingerprint density at radius 3 is 2.90 bits per heavy atom. The second-order valence-electron chi connectivity index (χ2n) is 5.09. The molecule has 0 fully saturated rings. The first-order valence-electron chi connectivity index (χ1n) is 6.66. The van der Waals surface area contributed by atoms with Gasteiger partial charge in [0.15, 0.2) is 0 Å². The Bertz CT molecular complexity index is 593. The predicted octanol–water partition coefficient (Wildman–Crippen LogP) is 2.32. The highest BCUT2D eigenvalue weighted by atomic mass is 32.1. The van der Waals surface area contributed by atoms with Crippen molar-refractivity contribution in [3.8, 4) is 5.75 Å². The molecule has 4 nitrogen and oxygen atoms in total. The summed E-state index contributed by atoms with van der Waals surface area (Å²) in [5.74, 6) is 0.601. The van der Waals surface area contributed by atoms with Crippen LogP contribution in [0.1, 0.15) is 18.1 Å². The zero-order valence-corrected chi connectivity index (χ0v) is 12.9. The Labute approximate surface area is 128 Å². The van der Waals surface area contributed by atoms with Gasteiger partial charge in [0.1, 0.15) is 11.4 Å². The van der Waals surface area contributed by atoms with E-state index in [1.165, 1.54) is 11.3 Å². The summed E-state index contributed by atoms with van der Waals surface area (Å²) < 4.78 is 5.13. The van der Waals surface area contributed by atoms with E-state index < -0.39 is 5.60 Å². The largest absolute Gasteiger partial charge is 0.497 e. The van der Waals surface area contributed by atoms with Crippen LogP contribution in [0.4, 0.5) is 0 Å². The molecule has 0 aliphatic carbocycles. The molecular formula is C16H19NO3S. The van der Waals surface area contributed by atoms with E-state index in [2.05, 4.69) is 5.32 Å². The number of amides is 1. The lowest BCUT2D eigenvalue weighted by atomic mass is 9.99. The molecule has 0 saturated carbocycles. The SMILES string of the molecule is COc1cccc(CC(=O)NCC(C)(O)c2ccsc2)c1. The third-order valence-corrected chi connectivity index (χ3v) is 3.95. The minimum Gasteiger partial charge on any atom is -0.497 e. The number of nitrogens with one attached hydrogen (secondary N) is 1. The van der Waals surface area contributed by atoms with E-state index in [0.717, 1.165) is 16.9 Å². The van der Waals surface area contributed by atoms with Gasteiger partial charge in [-0.05, 0) is 47.0 Å². The zero-order chi connectivity index (χ0) is 15.3. The molecule has 2 N–H and O–H groups in total. The number of methoxy groups -OCH3 is 1. The summed E-state index contributed by atoms with van der Waals surface area (Å²) in [4.78, 5) is 12.0. The number of carbonyl (C=O) groups is 1. The summed E-state index contributed by atoms with van der Waals surface area (Å²) >= 11 is 1.52. The van der Waals surface area contributed by atoms with E-state index in [1.807, 2.05) is 41.1 Å². The predicted molar refractivity (Wildman–Crippen MR) is 83.6 cm³/mol. The first-order valence-corrected chi connectivity index (χ1v) is 7.60. The van der Waals surface area contributed by atoms with Crippen LogP contribution in [0.3, 0.4) is 0 Å². The highest BCUT2D eigenvalue weighted by molar-refractivity contribution is 7.08. The molecule has 0 aliphatic rings. The second-order valence-corrected chi connectivity index (χ2v) is 5.87. The van der Waals surface area contributed by atoms with Crippen molar-refractivity contribution in [1.29, 1.82) is 0 Å². The molecule has 1 heterocycles. The summed E-state index contributed by atoms with van der Waals surface area (Å²) in [6.07, 6.45) is 0.261. The number of aliphatic hydroxyl groups is 1. The van der Waals surface area contributed by atoms with E-state index in [-0.39, 0.29) is 18.9 Å². The molecule has 0 aliphatic heterocycles. The lowest BCUT2D eigenvalue weighted by Gasteiger charge is -2.22.